The molecule has 3 N–H and O–H groups in total. The van der Waals surface area contributed by atoms with Gasteiger partial charge in [0.1, 0.15) is 11.5 Å². The summed E-state index contributed by atoms with van der Waals surface area (Å²) in [5.74, 6) is -2.38. The molecular formula is C21H21F2N5O2S. The number of thiophene rings is 1. The molecule has 3 aromatic rings. The molecule has 0 bridgehead atoms. The molecule has 10 heteroatoms. The molecule has 4 rings (SSSR count). The number of hydrogen-bond acceptors (Lipinski definition) is 5. The van der Waals surface area contributed by atoms with E-state index in [1.54, 1.807) is 6.07 Å². The predicted octanol–water partition coefficient (Wildman–Crippen LogP) is 3.73. The molecule has 1 aliphatic rings. The summed E-state index contributed by atoms with van der Waals surface area (Å²) in [7, 11) is 0. The Morgan fingerprint density at radius 2 is 2.06 bits per heavy atom. The summed E-state index contributed by atoms with van der Waals surface area (Å²) in [6.07, 6.45) is -0.341. The summed E-state index contributed by atoms with van der Waals surface area (Å²) < 4.78 is 28.3. The largest absolute Gasteiger partial charge is 0.322 e. The van der Waals surface area contributed by atoms with E-state index >= 15 is 0 Å². The van der Waals surface area contributed by atoms with E-state index in [1.165, 1.54) is 22.1 Å². The second-order valence-electron chi connectivity index (χ2n) is 7.61. The van der Waals surface area contributed by atoms with Crippen LogP contribution in [0.2, 0.25) is 0 Å². The average molecular weight is 445 g/mol. The molecule has 2 aromatic heterocycles. The Hall–Kier alpha value is -3.11. The minimum atomic E-state index is -1.11. The predicted molar refractivity (Wildman–Crippen MR) is 113 cm³/mol. The highest BCUT2D eigenvalue weighted by molar-refractivity contribution is 7.13. The van der Waals surface area contributed by atoms with Crippen LogP contribution in [0.4, 0.5) is 14.6 Å². The lowest BCUT2D eigenvalue weighted by molar-refractivity contribution is -0.126. The maximum Gasteiger partial charge on any atom is 0.256 e. The molecular weight excluding hydrogens is 424 g/mol. The minimum absolute atomic E-state index is 0.0370. The number of benzene rings is 1. The smallest absolute Gasteiger partial charge is 0.256 e. The zero-order valence-corrected chi connectivity index (χ0v) is 17.7. The van der Waals surface area contributed by atoms with E-state index in [0.717, 1.165) is 17.0 Å². The molecule has 1 aromatic carbocycles. The second-order valence-corrected chi connectivity index (χ2v) is 8.56. The summed E-state index contributed by atoms with van der Waals surface area (Å²) in [6.45, 7) is 4.03. The topological polar surface area (TPSA) is 88.1 Å². The van der Waals surface area contributed by atoms with Gasteiger partial charge in [-0.2, -0.15) is 5.10 Å². The highest BCUT2D eigenvalue weighted by atomic mass is 32.1. The molecule has 0 aliphatic carbocycles. The molecule has 2 amide bonds. The number of carbonyl (C=O) groups excluding carboxylic acids is 2. The van der Waals surface area contributed by atoms with Gasteiger partial charge in [-0.15, -0.1) is 11.3 Å². The maximum absolute atomic E-state index is 13.6. The third-order valence-corrected chi connectivity index (χ3v) is 5.95. The van der Waals surface area contributed by atoms with Gasteiger partial charge in [0, 0.05) is 24.1 Å². The monoisotopic (exact) mass is 445 g/mol. The van der Waals surface area contributed by atoms with Gasteiger partial charge in [-0.3, -0.25) is 14.9 Å². The van der Waals surface area contributed by atoms with Crippen molar-refractivity contribution in [1.82, 2.24) is 20.4 Å². The van der Waals surface area contributed by atoms with Gasteiger partial charge in [0.05, 0.1) is 4.88 Å². The zero-order valence-electron chi connectivity index (χ0n) is 16.9. The summed E-state index contributed by atoms with van der Waals surface area (Å²) in [5, 5.41) is 15.4. The number of nitrogens with one attached hydrogen (secondary N) is 3. The SMILES string of the molecule is CC(C)C1CC(=O)NC(n2nc(-c3cccs3)cc2NC(=O)c2ccc(F)c(F)c2)N1. The standard InChI is InChI=1S/C21H21F2N5O2S/c1-11(2)15-10-19(29)26-21(24-15)28-18(9-16(27-28)17-4-3-7-31-17)25-20(30)12-5-6-13(22)14(23)8-12/h3-9,11,15,21,24H,10H2,1-2H3,(H,25,30)(H,26,29). The van der Waals surface area contributed by atoms with Gasteiger partial charge in [0.2, 0.25) is 5.91 Å². The van der Waals surface area contributed by atoms with Gasteiger partial charge < -0.3 is 10.6 Å². The number of aromatic nitrogens is 2. The highest BCUT2D eigenvalue weighted by Crippen LogP contribution is 2.28. The summed E-state index contributed by atoms with van der Waals surface area (Å²) >= 11 is 1.48. The molecule has 1 saturated heterocycles. The lowest BCUT2D eigenvalue weighted by atomic mass is 9.99. The second kappa shape index (κ2) is 8.56. The molecule has 0 radical (unpaired) electrons. The van der Waals surface area contributed by atoms with Crippen molar-refractivity contribution in [1.29, 1.82) is 0 Å². The average Bonchev–Trinajstić information content (AvgIpc) is 3.39. The lowest BCUT2D eigenvalue weighted by Gasteiger charge is -2.34. The van der Waals surface area contributed by atoms with Crippen molar-refractivity contribution >= 4 is 29.0 Å². The molecule has 1 fully saturated rings. The van der Waals surface area contributed by atoms with Crippen molar-refractivity contribution in [2.45, 2.75) is 32.6 Å². The van der Waals surface area contributed by atoms with Crippen LogP contribution in [0.3, 0.4) is 0 Å². The Labute approximate surface area is 181 Å². The van der Waals surface area contributed by atoms with E-state index in [0.29, 0.717) is 17.9 Å². The van der Waals surface area contributed by atoms with E-state index in [2.05, 4.69) is 21.0 Å². The molecule has 2 unspecified atom stereocenters. The van der Waals surface area contributed by atoms with E-state index < -0.39 is 23.8 Å². The maximum atomic E-state index is 13.6. The van der Waals surface area contributed by atoms with E-state index in [-0.39, 0.29) is 23.4 Å². The molecule has 0 spiro atoms. The van der Waals surface area contributed by atoms with Crippen LogP contribution in [0.15, 0.2) is 41.8 Å². The quantitative estimate of drug-likeness (QED) is 0.558. The van der Waals surface area contributed by atoms with Crippen LogP contribution < -0.4 is 16.0 Å². The molecule has 3 heterocycles. The van der Waals surface area contributed by atoms with Crippen molar-refractivity contribution < 1.29 is 18.4 Å². The van der Waals surface area contributed by atoms with Crippen LogP contribution in [-0.2, 0) is 4.79 Å². The van der Waals surface area contributed by atoms with Crippen molar-refractivity contribution in [3.05, 3.63) is 59.0 Å². The van der Waals surface area contributed by atoms with Crippen LogP contribution in [0.25, 0.3) is 10.6 Å². The summed E-state index contributed by atoms with van der Waals surface area (Å²) in [4.78, 5) is 25.8. The number of carbonyl (C=O) groups is 2. The van der Waals surface area contributed by atoms with Crippen molar-refractivity contribution in [2.75, 3.05) is 5.32 Å². The summed E-state index contributed by atoms with van der Waals surface area (Å²) in [5.41, 5.74) is 0.573. The van der Waals surface area contributed by atoms with Crippen LogP contribution >= 0.6 is 11.3 Å². The van der Waals surface area contributed by atoms with Gasteiger partial charge in [-0.1, -0.05) is 19.9 Å². The zero-order chi connectivity index (χ0) is 22.1. The van der Waals surface area contributed by atoms with Crippen LogP contribution in [0.5, 0.6) is 0 Å². The van der Waals surface area contributed by atoms with Gasteiger partial charge in [0.25, 0.3) is 5.91 Å². The normalized spacial score (nSPS) is 18.8. The third-order valence-electron chi connectivity index (χ3n) is 5.06. The van der Waals surface area contributed by atoms with E-state index in [4.69, 9.17) is 0 Å². The molecule has 0 saturated carbocycles. The Bertz CT molecular complexity index is 1110. The molecule has 7 nitrogen and oxygen atoms in total. The number of nitrogens with zero attached hydrogens (tertiary/aromatic N) is 2. The molecule has 31 heavy (non-hydrogen) atoms. The Morgan fingerprint density at radius 1 is 1.26 bits per heavy atom. The van der Waals surface area contributed by atoms with Crippen LogP contribution in [-0.4, -0.2) is 27.6 Å². The molecule has 2 atom stereocenters. The number of amides is 2. The summed E-state index contributed by atoms with van der Waals surface area (Å²) in [6, 6.07) is 8.31. The van der Waals surface area contributed by atoms with Crippen LogP contribution in [0.1, 0.15) is 36.9 Å². The fraction of sp³-hybridized carbons (Fsp3) is 0.286. The van der Waals surface area contributed by atoms with Gasteiger partial charge in [-0.25, -0.2) is 13.5 Å². The van der Waals surface area contributed by atoms with E-state index in [9.17, 15) is 18.4 Å². The fourth-order valence-electron chi connectivity index (χ4n) is 3.33. The van der Waals surface area contributed by atoms with E-state index in [1.807, 2.05) is 31.4 Å². The van der Waals surface area contributed by atoms with Gasteiger partial charge in [0.15, 0.2) is 17.9 Å². The number of anilines is 1. The Balaban J connectivity index is 1.68. The minimum Gasteiger partial charge on any atom is -0.322 e. The first-order valence-electron chi connectivity index (χ1n) is 9.77. The lowest BCUT2D eigenvalue weighted by Crippen LogP contribution is -2.55. The van der Waals surface area contributed by atoms with Gasteiger partial charge >= 0.3 is 0 Å². The highest BCUT2D eigenvalue weighted by Gasteiger charge is 2.31. The molecule has 162 valence electrons. The molecule has 1 aliphatic heterocycles. The Kier molecular flexibility index (Phi) is 5.84. The van der Waals surface area contributed by atoms with Gasteiger partial charge in [-0.05, 0) is 35.6 Å². The van der Waals surface area contributed by atoms with Crippen LogP contribution in [0, 0.1) is 17.6 Å². The van der Waals surface area contributed by atoms with Crippen molar-refractivity contribution in [2.24, 2.45) is 5.92 Å². The first kappa shape index (κ1) is 21.1. The Morgan fingerprint density at radius 3 is 2.74 bits per heavy atom. The number of hydrogen-bond donors (Lipinski definition) is 3. The van der Waals surface area contributed by atoms with Crippen molar-refractivity contribution in [3.8, 4) is 10.6 Å². The first-order valence-corrected chi connectivity index (χ1v) is 10.6. The fourth-order valence-corrected chi connectivity index (χ4v) is 4.01. The third kappa shape index (κ3) is 4.49. The first-order chi connectivity index (χ1) is 14.8. The number of halogens is 2. The number of rotatable bonds is 5. The van der Waals surface area contributed by atoms with Crippen molar-refractivity contribution in [3.63, 3.8) is 0 Å².